The molecule has 0 aromatic heterocycles. The van der Waals surface area contributed by atoms with Gasteiger partial charge in [-0.3, -0.25) is 0 Å². The second-order valence-electron chi connectivity index (χ2n) is 4.29. The van der Waals surface area contributed by atoms with Gasteiger partial charge in [0.1, 0.15) is 5.75 Å². The zero-order valence-corrected chi connectivity index (χ0v) is 13.6. The summed E-state index contributed by atoms with van der Waals surface area (Å²) in [6, 6.07) is 14.1. The normalized spacial score (nSPS) is 10.6. The molecule has 0 radical (unpaired) electrons. The minimum absolute atomic E-state index is 0.582. The van der Waals surface area contributed by atoms with Gasteiger partial charge in [0.2, 0.25) is 0 Å². The van der Waals surface area contributed by atoms with E-state index in [9.17, 15) is 0 Å². The van der Waals surface area contributed by atoms with Crippen molar-refractivity contribution in [2.75, 3.05) is 6.61 Å². The second kappa shape index (κ2) is 7.82. The minimum atomic E-state index is 0.582. The summed E-state index contributed by atoms with van der Waals surface area (Å²) >= 11 is 14.3. The van der Waals surface area contributed by atoms with Crippen molar-refractivity contribution in [3.05, 3.63) is 63.6 Å². The first-order valence-electron chi connectivity index (χ1n) is 6.43. The van der Waals surface area contributed by atoms with E-state index in [1.807, 2.05) is 30.8 Å². The zero-order valence-electron chi connectivity index (χ0n) is 11.2. The third-order valence-electron chi connectivity index (χ3n) is 2.77. The summed E-state index contributed by atoms with van der Waals surface area (Å²) in [5.41, 5.74) is 2.35. The first kappa shape index (κ1) is 15.6. The molecule has 0 bridgehead atoms. The predicted molar refractivity (Wildman–Crippen MR) is 89.1 cm³/mol. The van der Waals surface area contributed by atoms with Crippen molar-refractivity contribution in [1.29, 1.82) is 0 Å². The van der Waals surface area contributed by atoms with Gasteiger partial charge in [0.05, 0.1) is 11.6 Å². The Kier molecular flexibility index (Phi) is 6.08. The zero-order chi connectivity index (χ0) is 14.4. The third-order valence-corrected chi connectivity index (χ3v) is 4.47. The molecule has 2 rings (SSSR count). The molecule has 4 heteroatoms. The van der Waals surface area contributed by atoms with Crippen LogP contribution in [0.25, 0.3) is 0 Å². The molecule has 0 aliphatic heterocycles. The van der Waals surface area contributed by atoms with Crippen molar-refractivity contribution in [2.45, 2.75) is 18.4 Å². The van der Waals surface area contributed by atoms with Crippen molar-refractivity contribution in [1.82, 2.24) is 0 Å². The van der Waals surface area contributed by atoms with Crippen LogP contribution in [0.4, 0.5) is 0 Å². The van der Waals surface area contributed by atoms with E-state index in [1.165, 1.54) is 5.56 Å². The van der Waals surface area contributed by atoms with Crippen molar-refractivity contribution in [3.8, 4) is 5.75 Å². The molecule has 0 fully saturated rings. The van der Waals surface area contributed by atoms with Gasteiger partial charge in [-0.1, -0.05) is 53.5 Å². The molecular formula is C16H16Cl2OS. The average Bonchev–Trinajstić information content (AvgIpc) is 2.45. The maximum atomic E-state index is 6.27. The summed E-state index contributed by atoms with van der Waals surface area (Å²) in [5.74, 6) is 2.44. The summed E-state index contributed by atoms with van der Waals surface area (Å²) in [7, 11) is 0. The van der Waals surface area contributed by atoms with Crippen LogP contribution in [-0.2, 0) is 11.5 Å². The van der Waals surface area contributed by atoms with Gasteiger partial charge in [-0.2, -0.15) is 11.8 Å². The molecule has 2 aromatic rings. The fraction of sp³-hybridized carbons (Fsp3) is 0.250. The first-order chi connectivity index (χ1) is 9.70. The highest BCUT2D eigenvalue weighted by molar-refractivity contribution is 7.97. The van der Waals surface area contributed by atoms with Crippen LogP contribution in [0.2, 0.25) is 10.0 Å². The number of thioether (sulfide) groups is 1. The molecule has 0 aliphatic carbocycles. The van der Waals surface area contributed by atoms with E-state index in [-0.39, 0.29) is 0 Å². The van der Waals surface area contributed by atoms with E-state index in [4.69, 9.17) is 27.9 Å². The molecule has 0 atom stereocenters. The van der Waals surface area contributed by atoms with Crippen LogP contribution in [0, 0.1) is 0 Å². The average molecular weight is 327 g/mol. The van der Waals surface area contributed by atoms with Crippen LogP contribution < -0.4 is 4.74 Å². The summed E-state index contributed by atoms with van der Waals surface area (Å²) in [4.78, 5) is 0. The van der Waals surface area contributed by atoms with Crippen LogP contribution in [-0.4, -0.2) is 6.61 Å². The highest BCUT2D eigenvalue weighted by atomic mass is 35.5. The van der Waals surface area contributed by atoms with Crippen molar-refractivity contribution in [3.63, 3.8) is 0 Å². The van der Waals surface area contributed by atoms with E-state index in [1.54, 1.807) is 6.07 Å². The van der Waals surface area contributed by atoms with Crippen molar-refractivity contribution in [2.24, 2.45) is 0 Å². The monoisotopic (exact) mass is 326 g/mol. The van der Waals surface area contributed by atoms with Crippen LogP contribution in [0.1, 0.15) is 18.1 Å². The Morgan fingerprint density at radius 2 is 1.75 bits per heavy atom. The van der Waals surface area contributed by atoms with E-state index in [0.717, 1.165) is 17.1 Å². The molecule has 20 heavy (non-hydrogen) atoms. The van der Waals surface area contributed by atoms with Crippen LogP contribution in [0.3, 0.4) is 0 Å². The number of benzene rings is 2. The smallest absolute Gasteiger partial charge is 0.139 e. The second-order valence-corrected chi connectivity index (χ2v) is 6.09. The lowest BCUT2D eigenvalue weighted by atomic mass is 10.2. The van der Waals surface area contributed by atoms with E-state index >= 15 is 0 Å². The largest absolute Gasteiger partial charge is 0.492 e. The number of rotatable bonds is 6. The maximum absolute atomic E-state index is 6.27. The van der Waals surface area contributed by atoms with Gasteiger partial charge in [0, 0.05) is 22.6 Å². The van der Waals surface area contributed by atoms with E-state index in [2.05, 4.69) is 24.3 Å². The lowest BCUT2D eigenvalue weighted by molar-refractivity contribution is 0.340. The summed E-state index contributed by atoms with van der Waals surface area (Å²) in [5, 5.41) is 1.32. The quantitative estimate of drug-likeness (QED) is 0.660. The number of ether oxygens (including phenoxy) is 1. The van der Waals surface area contributed by atoms with Gasteiger partial charge in [0.25, 0.3) is 0 Å². The fourth-order valence-electron chi connectivity index (χ4n) is 1.80. The van der Waals surface area contributed by atoms with Gasteiger partial charge < -0.3 is 4.74 Å². The SMILES string of the molecule is CCOc1cc(Cl)c(CSCc2ccccc2)cc1Cl. The van der Waals surface area contributed by atoms with E-state index < -0.39 is 0 Å². The van der Waals surface area contributed by atoms with Gasteiger partial charge in [-0.25, -0.2) is 0 Å². The molecule has 106 valence electrons. The summed E-state index contributed by atoms with van der Waals surface area (Å²) in [6.45, 7) is 2.51. The van der Waals surface area contributed by atoms with Gasteiger partial charge in [0.15, 0.2) is 0 Å². The Morgan fingerprint density at radius 1 is 1.00 bits per heavy atom. The highest BCUT2D eigenvalue weighted by Gasteiger charge is 2.08. The Balaban J connectivity index is 1.98. The number of hydrogen-bond acceptors (Lipinski definition) is 2. The minimum Gasteiger partial charge on any atom is -0.492 e. The molecule has 0 saturated carbocycles. The summed E-state index contributed by atoms with van der Waals surface area (Å²) in [6.07, 6.45) is 0. The highest BCUT2D eigenvalue weighted by Crippen LogP contribution is 2.33. The summed E-state index contributed by atoms with van der Waals surface area (Å²) < 4.78 is 5.42. The molecule has 0 N–H and O–H groups in total. The van der Waals surface area contributed by atoms with Gasteiger partial charge >= 0.3 is 0 Å². The van der Waals surface area contributed by atoms with Crippen molar-refractivity contribution < 1.29 is 4.74 Å². The molecule has 0 spiro atoms. The lowest BCUT2D eigenvalue weighted by Gasteiger charge is -2.10. The third kappa shape index (κ3) is 4.34. The Labute approximate surface area is 134 Å². The van der Waals surface area contributed by atoms with Gasteiger partial charge in [-0.05, 0) is 24.1 Å². The Bertz CT molecular complexity index is 558. The molecule has 0 unspecified atom stereocenters. The van der Waals surface area contributed by atoms with Gasteiger partial charge in [-0.15, -0.1) is 0 Å². The molecule has 2 aromatic carbocycles. The molecule has 0 aliphatic rings. The molecule has 0 saturated heterocycles. The molecule has 0 amide bonds. The van der Waals surface area contributed by atoms with Crippen LogP contribution in [0.15, 0.2) is 42.5 Å². The van der Waals surface area contributed by atoms with E-state index in [0.29, 0.717) is 22.4 Å². The fourth-order valence-corrected chi connectivity index (χ4v) is 3.33. The lowest BCUT2D eigenvalue weighted by Crippen LogP contribution is -1.94. The first-order valence-corrected chi connectivity index (χ1v) is 8.34. The number of halogens is 2. The molecule has 0 heterocycles. The standard InChI is InChI=1S/C16H16Cl2OS/c1-2-19-16-9-14(17)13(8-15(16)18)11-20-10-12-6-4-3-5-7-12/h3-9H,2,10-11H2,1H3. The topological polar surface area (TPSA) is 9.23 Å². The maximum Gasteiger partial charge on any atom is 0.139 e. The molecule has 1 nitrogen and oxygen atoms in total. The molecular weight excluding hydrogens is 311 g/mol. The van der Waals surface area contributed by atoms with Crippen LogP contribution in [0.5, 0.6) is 5.75 Å². The predicted octanol–water partition coefficient (Wildman–Crippen LogP) is 5.83. The Morgan fingerprint density at radius 3 is 2.45 bits per heavy atom. The van der Waals surface area contributed by atoms with Crippen molar-refractivity contribution >= 4 is 35.0 Å². The number of hydrogen-bond donors (Lipinski definition) is 0. The van der Waals surface area contributed by atoms with Crippen LogP contribution >= 0.6 is 35.0 Å². The Hall–Kier alpha value is -0.830.